The molecule has 0 amide bonds. The Hall–Kier alpha value is 1.32. The maximum atomic E-state index is 9.62. The first kappa shape index (κ1) is 10.4. The third kappa shape index (κ3) is 2.38. The predicted octanol–water partition coefficient (Wildman–Crippen LogP) is 2.21. The SMILES string of the molecule is CCCCC1([CH](O)[Pr])CCC1. The van der Waals surface area contributed by atoms with Crippen molar-refractivity contribution in [3.05, 3.63) is 0 Å². The van der Waals surface area contributed by atoms with Gasteiger partial charge in [0.1, 0.15) is 0 Å². The number of rotatable bonds is 4. The minimum atomic E-state index is 0.0859. The molecule has 1 N–H and O–H groups in total. The summed E-state index contributed by atoms with van der Waals surface area (Å²) in [6.45, 7) is 2.23. The van der Waals surface area contributed by atoms with Crippen LogP contribution in [0.5, 0.6) is 0 Å². The molecule has 62 valence electrons. The molecule has 0 aromatic rings. The van der Waals surface area contributed by atoms with Gasteiger partial charge < -0.3 is 0 Å². The van der Waals surface area contributed by atoms with Crippen LogP contribution in [0.15, 0.2) is 0 Å². The number of hydrogen-bond acceptors (Lipinski definition) is 1. The fourth-order valence-corrected chi connectivity index (χ4v) is 3.46. The van der Waals surface area contributed by atoms with Crippen LogP contribution in [0.2, 0.25) is 0 Å². The summed E-state index contributed by atoms with van der Waals surface area (Å²) in [6, 6.07) is 0. The van der Waals surface area contributed by atoms with Crippen LogP contribution in [-0.4, -0.2) is 6.79 Å². The van der Waals surface area contributed by atoms with Gasteiger partial charge in [-0.25, -0.2) is 0 Å². The van der Waals surface area contributed by atoms with Crippen molar-refractivity contribution in [1.29, 1.82) is 0 Å². The molecule has 2 heteroatoms. The molecule has 1 aliphatic rings. The van der Waals surface area contributed by atoms with Gasteiger partial charge in [-0.3, -0.25) is 0 Å². The van der Waals surface area contributed by atoms with Gasteiger partial charge in [0.25, 0.3) is 0 Å². The first-order valence-corrected chi connectivity index (χ1v) is 6.79. The molecule has 0 saturated heterocycles. The fraction of sp³-hybridized carbons (Fsp3) is 1.00. The van der Waals surface area contributed by atoms with Gasteiger partial charge in [0.05, 0.1) is 0 Å². The summed E-state index contributed by atoms with van der Waals surface area (Å²) >= 11 is 0.761. The molecule has 0 heterocycles. The van der Waals surface area contributed by atoms with Crippen molar-refractivity contribution in [3.8, 4) is 0 Å². The second-order valence-corrected chi connectivity index (χ2v) is 5.79. The zero-order chi connectivity index (χ0) is 8.32. The Morgan fingerprint density at radius 2 is 2.18 bits per heavy atom. The van der Waals surface area contributed by atoms with E-state index in [1.54, 1.807) is 0 Å². The number of aliphatic hydroxyl groups is 1. The predicted molar refractivity (Wildman–Crippen MR) is 41.8 cm³/mol. The van der Waals surface area contributed by atoms with E-state index in [-0.39, 0.29) is 1.69 Å². The van der Waals surface area contributed by atoms with Gasteiger partial charge in [0.15, 0.2) is 0 Å². The Morgan fingerprint density at radius 1 is 1.55 bits per heavy atom. The van der Waals surface area contributed by atoms with E-state index in [1.807, 2.05) is 0 Å². The Balaban J connectivity index is 2.34. The summed E-state index contributed by atoms with van der Waals surface area (Å²) in [6.07, 6.45) is 7.81. The van der Waals surface area contributed by atoms with Crippen molar-refractivity contribution >= 4 is 0 Å². The van der Waals surface area contributed by atoms with Gasteiger partial charge in [0, 0.05) is 0 Å². The molecule has 0 bridgehead atoms. The van der Waals surface area contributed by atoms with E-state index in [4.69, 9.17) is 0 Å². The molecule has 1 atom stereocenters. The number of aliphatic hydroxyl groups excluding tert-OH is 1. The topological polar surface area (TPSA) is 20.2 Å². The van der Waals surface area contributed by atoms with E-state index < -0.39 is 0 Å². The normalized spacial score (nSPS) is 24.1. The van der Waals surface area contributed by atoms with Crippen LogP contribution in [0.25, 0.3) is 0 Å². The molecule has 0 radical (unpaired) electrons. The Morgan fingerprint density at radius 3 is 2.45 bits per heavy atom. The van der Waals surface area contributed by atoms with E-state index in [1.165, 1.54) is 38.5 Å². The van der Waals surface area contributed by atoms with E-state index in [0.29, 0.717) is 5.41 Å². The van der Waals surface area contributed by atoms with Crippen molar-refractivity contribution in [1.82, 2.24) is 0 Å². The molecule has 1 unspecified atom stereocenters. The minimum absolute atomic E-state index is 0.0859. The average Bonchev–Trinajstić information content (AvgIpc) is 1.85. The summed E-state index contributed by atoms with van der Waals surface area (Å²) in [5.74, 6) is 0. The van der Waals surface area contributed by atoms with Crippen LogP contribution in [0.4, 0.5) is 0 Å². The second kappa shape index (κ2) is 4.53. The van der Waals surface area contributed by atoms with Gasteiger partial charge >= 0.3 is 96.9 Å². The summed E-state index contributed by atoms with van der Waals surface area (Å²) in [7, 11) is 0. The van der Waals surface area contributed by atoms with Crippen LogP contribution in [-0.2, 0) is 0 Å². The van der Waals surface area contributed by atoms with Crippen LogP contribution < -0.4 is 0 Å². The van der Waals surface area contributed by atoms with Crippen molar-refractivity contribution in [2.75, 3.05) is 0 Å². The summed E-state index contributed by atoms with van der Waals surface area (Å²) < 4.78 is 0.0859. The van der Waals surface area contributed by atoms with Crippen LogP contribution in [0.3, 0.4) is 0 Å². The van der Waals surface area contributed by atoms with Gasteiger partial charge in [-0.05, 0) is 0 Å². The molecular formula is C9H17OPr. The van der Waals surface area contributed by atoms with Gasteiger partial charge in [-0.15, -0.1) is 0 Å². The zero-order valence-corrected chi connectivity index (χ0v) is 11.0. The monoisotopic (exact) mass is 282 g/mol. The quantitative estimate of drug-likeness (QED) is 0.838. The molecule has 0 aromatic heterocycles. The molecular weight excluding hydrogens is 265 g/mol. The van der Waals surface area contributed by atoms with Gasteiger partial charge in [-0.1, -0.05) is 0 Å². The molecule has 0 spiro atoms. The number of unbranched alkanes of at least 4 members (excludes halogenated alkanes) is 1. The summed E-state index contributed by atoms with van der Waals surface area (Å²) in [5.41, 5.74) is 0.403. The van der Waals surface area contributed by atoms with Crippen molar-refractivity contribution < 1.29 is 44.3 Å². The average molecular weight is 282 g/mol. The molecule has 0 aromatic carbocycles. The first-order valence-electron chi connectivity index (χ1n) is 4.65. The second-order valence-electron chi connectivity index (χ2n) is 3.76. The van der Waals surface area contributed by atoms with Crippen molar-refractivity contribution in [2.24, 2.45) is 5.41 Å². The van der Waals surface area contributed by atoms with Gasteiger partial charge in [-0.2, -0.15) is 0 Å². The standard InChI is InChI=1S/C9H17O.Pr/c1-2-3-5-9(8-10)6-4-7-9;/h8,10H,2-7H2,1H3;. The molecule has 11 heavy (non-hydrogen) atoms. The molecule has 1 saturated carbocycles. The van der Waals surface area contributed by atoms with E-state index in [9.17, 15) is 5.11 Å². The Bertz CT molecular complexity index is 119. The molecule has 1 rings (SSSR count). The molecule has 1 aliphatic carbocycles. The maximum absolute atomic E-state index is 9.62. The fourth-order valence-electron chi connectivity index (χ4n) is 1.85. The van der Waals surface area contributed by atoms with Crippen molar-refractivity contribution in [3.63, 3.8) is 0 Å². The summed E-state index contributed by atoms with van der Waals surface area (Å²) in [5, 5.41) is 9.62. The molecule has 1 fully saturated rings. The third-order valence-electron chi connectivity index (χ3n) is 3.00. The van der Waals surface area contributed by atoms with Crippen LogP contribution in [0, 0.1) is 44.6 Å². The Labute approximate surface area is 95.9 Å². The Kier molecular flexibility index (Phi) is 4.28. The van der Waals surface area contributed by atoms with Crippen LogP contribution >= 0.6 is 0 Å². The third-order valence-corrected chi connectivity index (χ3v) is 5.27. The van der Waals surface area contributed by atoms with Crippen molar-refractivity contribution in [2.45, 2.75) is 47.1 Å². The summed E-state index contributed by atoms with van der Waals surface area (Å²) in [4.78, 5) is 0. The van der Waals surface area contributed by atoms with Crippen LogP contribution in [0.1, 0.15) is 45.4 Å². The van der Waals surface area contributed by atoms with E-state index in [2.05, 4.69) is 6.92 Å². The van der Waals surface area contributed by atoms with Gasteiger partial charge in [0.2, 0.25) is 0 Å². The van der Waals surface area contributed by atoms with E-state index >= 15 is 0 Å². The van der Waals surface area contributed by atoms with E-state index in [0.717, 1.165) is 39.2 Å². The zero-order valence-electron chi connectivity index (χ0n) is 7.34. The first-order chi connectivity index (χ1) is 5.21. The molecule has 1 nitrogen and oxygen atoms in total. The molecule has 0 aliphatic heterocycles. The number of hydrogen-bond donors (Lipinski definition) is 1.